The van der Waals surface area contributed by atoms with E-state index in [1.807, 2.05) is 36.4 Å². The molecule has 0 saturated heterocycles. The summed E-state index contributed by atoms with van der Waals surface area (Å²) >= 11 is 3.41. The number of halogens is 1. The van der Waals surface area contributed by atoms with Crippen molar-refractivity contribution in [3.05, 3.63) is 88.4 Å². The molecule has 0 unspecified atom stereocenters. The standard InChI is InChI=1S/C23H21BrN2O3/c1-16(27)25-19-8-5-9-20(15-19)26-23(28)21-14-18(24)10-11-22(21)29-13-12-17-6-3-2-4-7-17/h2-11,14-15H,12-13H2,1H3,(H,25,27)(H,26,28). The van der Waals surface area contributed by atoms with Crippen molar-refractivity contribution in [2.24, 2.45) is 0 Å². The molecule has 148 valence electrons. The first kappa shape index (κ1) is 20.6. The lowest BCUT2D eigenvalue weighted by Gasteiger charge is -2.13. The maximum Gasteiger partial charge on any atom is 0.259 e. The molecule has 6 heteroatoms. The Hall–Kier alpha value is -3.12. The summed E-state index contributed by atoms with van der Waals surface area (Å²) in [6.07, 6.45) is 0.747. The SMILES string of the molecule is CC(=O)Nc1cccc(NC(=O)c2cc(Br)ccc2OCCc2ccccc2)c1. The summed E-state index contributed by atoms with van der Waals surface area (Å²) in [5, 5.41) is 5.56. The average molecular weight is 453 g/mol. The first-order valence-corrected chi connectivity index (χ1v) is 9.96. The molecule has 2 N–H and O–H groups in total. The van der Waals surface area contributed by atoms with Crippen molar-refractivity contribution in [1.29, 1.82) is 0 Å². The predicted molar refractivity (Wildman–Crippen MR) is 118 cm³/mol. The van der Waals surface area contributed by atoms with Crippen molar-refractivity contribution in [2.45, 2.75) is 13.3 Å². The van der Waals surface area contributed by atoms with Crippen LogP contribution in [-0.2, 0) is 11.2 Å². The van der Waals surface area contributed by atoms with Crippen LogP contribution in [0.1, 0.15) is 22.8 Å². The second-order valence-corrected chi connectivity index (χ2v) is 7.36. The van der Waals surface area contributed by atoms with E-state index in [0.717, 1.165) is 10.9 Å². The number of hydrogen-bond donors (Lipinski definition) is 2. The summed E-state index contributed by atoms with van der Waals surface area (Å²) in [7, 11) is 0. The van der Waals surface area contributed by atoms with Crippen LogP contribution in [0.3, 0.4) is 0 Å². The summed E-state index contributed by atoms with van der Waals surface area (Å²) in [6.45, 7) is 1.90. The Morgan fingerprint density at radius 1 is 0.897 bits per heavy atom. The molecule has 0 bridgehead atoms. The minimum atomic E-state index is -0.291. The molecule has 2 amide bonds. The van der Waals surface area contributed by atoms with Gasteiger partial charge in [0.05, 0.1) is 12.2 Å². The van der Waals surface area contributed by atoms with Gasteiger partial charge in [-0.15, -0.1) is 0 Å². The first-order chi connectivity index (χ1) is 14.0. The van der Waals surface area contributed by atoms with Crippen molar-refractivity contribution < 1.29 is 14.3 Å². The fourth-order valence-electron chi connectivity index (χ4n) is 2.81. The van der Waals surface area contributed by atoms with Crippen molar-refractivity contribution >= 4 is 39.1 Å². The van der Waals surface area contributed by atoms with E-state index in [0.29, 0.717) is 29.3 Å². The largest absolute Gasteiger partial charge is 0.492 e. The van der Waals surface area contributed by atoms with Gasteiger partial charge in [-0.25, -0.2) is 0 Å². The number of carbonyl (C=O) groups excluding carboxylic acids is 2. The van der Waals surface area contributed by atoms with Crippen LogP contribution < -0.4 is 15.4 Å². The first-order valence-electron chi connectivity index (χ1n) is 9.16. The topological polar surface area (TPSA) is 67.4 Å². The van der Waals surface area contributed by atoms with Crippen LogP contribution >= 0.6 is 15.9 Å². The Labute approximate surface area is 178 Å². The molecule has 0 heterocycles. The van der Waals surface area contributed by atoms with Gasteiger partial charge in [0, 0.05) is 29.2 Å². The fraction of sp³-hybridized carbons (Fsp3) is 0.130. The van der Waals surface area contributed by atoms with E-state index in [2.05, 4.69) is 26.6 Å². The van der Waals surface area contributed by atoms with Crippen molar-refractivity contribution in [2.75, 3.05) is 17.2 Å². The number of nitrogens with one attached hydrogen (secondary N) is 2. The van der Waals surface area contributed by atoms with Gasteiger partial charge < -0.3 is 15.4 Å². The lowest BCUT2D eigenvalue weighted by atomic mass is 10.1. The molecule has 5 nitrogen and oxygen atoms in total. The number of rotatable bonds is 7. The molecule has 3 rings (SSSR count). The number of anilines is 2. The van der Waals surface area contributed by atoms with Crippen LogP contribution in [0.2, 0.25) is 0 Å². The maximum absolute atomic E-state index is 12.9. The highest BCUT2D eigenvalue weighted by Gasteiger charge is 2.14. The molecule has 0 aliphatic rings. The van der Waals surface area contributed by atoms with Crippen molar-refractivity contribution in [1.82, 2.24) is 0 Å². The monoisotopic (exact) mass is 452 g/mol. The number of hydrogen-bond acceptors (Lipinski definition) is 3. The summed E-state index contributed by atoms with van der Waals surface area (Å²) in [6, 6.07) is 22.4. The summed E-state index contributed by atoms with van der Waals surface area (Å²) in [4.78, 5) is 24.1. The van der Waals surface area contributed by atoms with Gasteiger partial charge in [0.15, 0.2) is 0 Å². The molecule has 0 aromatic heterocycles. The van der Waals surface area contributed by atoms with Gasteiger partial charge in [0.1, 0.15) is 5.75 Å². The summed E-state index contributed by atoms with van der Waals surface area (Å²) in [5.74, 6) is 0.0511. The quantitative estimate of drug-likeness (QED) is 0.512. The zero-order valence-electron chi connectivity index (χ0n) is 15.9. The third-order valence-electron chi connectivity index (χ3n) is 4.12. The molecule has 0 spiro atoms. The number of ether oxygens (including phenoxy) is 1. The van der Waals surface area contributed by atoms with E-state index >= 15 is 0 Å². The Morgan fingerprint density at radius 3 is 2.34 bits per heavy atom. The van der Waals surface area contributed by atoms with Gasteiger partial charge >= 0.3 is 0 Å². The molecule has 3 aromatic carbocycles. The lowest BCUT2D eigenvalue weighted by molar-refractivity contribution is -0.114. The zero-order chi connectivity index (χ0) is 20.6. The van der Waals surface area contributed by atoms with Crippen LogP contribution in [0, 0.1) is 0 Å². The molecule has 0 radical (unpaired) electrons. The van der Waals surface area contributed by atoms with Crippen LogP contribution in [-0.4, -0.2) is 18.4 Å². The van der Waals surface area contributed by atoms with E-state index in [1.165, 1.54) is 12.5 Å². The van der Waals surface area contributed by atoms with Crippen LogP contribution in [0.15, 0.2) is 77.3 Å². The zero-order valence-corrected chi connectivity index (χ0v) is 17.5. The van der Waals surface area contributed by atoms with E-state index < -0.39 is 0 Å². The molecular formula is C23H21BrN2O3. The number of benzene rings is 3. The van der Waals surface area contributed by atoms with E-state index in [9.17, 15) is 9.59 Å². The average Bonchev–Trinajstić information content (AvgIpc) is 2.69. The molecule has 0 fully saturated rings. The Balaban J connectivity index is 1.71. The summed E-state index contributed by atoms with van der Waals surface area (Å²) in [5.41, 5.74) is 2.79. The van der Waals surface area contributed by atoms with Crippen molar-refractivity contribution in [3.8, 4) is 5.75 Å². The molecule has 0 saturated carbocycles. The second-order valence-electron chi connectivity index (χ2n) is 6.44. The maximum atomic E-state index is 12.9. The summed E-state index contributed by atoms with van der Waals surface area (Å²) < 4.78 is 6.68. The number of carbonyl (C=O) groups is 2. The normalized spacial score (nSPS) is 10.3. The highest BCUT2D eigenvalue weighted by Crippen LogP contribution is 2.25. The van der Waals surface area contributed by atoms with E-state index in [1.54, 1.807) is 36.4 Å². The highest BCUT2D eigenvalue weighted by molar-refractivity contribution is 9.10. The van der Waals surface area contributed by atoms with E-state index in [4.69, 9.17) is 4.74 Å². The van der Waals surface area contributed by atoms with Gasteiger partial charge in [-0.1, -0.05) is 52.3 Å². The third kappa shape index (κ3) is 6.19. The molecule has 29 heavy (non-hydrogen) atoms. The predicted octanol–water partition coefficient (Wildman–Crippen LogP) is 5.28. The Bertz CT molecular complexity index is 1010. The highest BCUT2D eigenvalue weighted by atomic mass is 79.9. The fourth-order valence-corrected chi connectivity index (χ4v) is 3.17. The number of amides is 2. The van der Waals surface area contributed by atoms with E-state index in [-0.39, 0.29) is 11.8 Å². The van der Waals surface area contributed by atoms with Gasteiger partial charge in [0.2, 0.25) is 5.91 Å². The molecule has 3 aromatic rings. The minimum absolute atomic E-state index is 0.172. The van der Waals surface area contributed by atoms with Crippen LogP contribution in [0.5, 0.6) is 5.75 Å². The van der Waals surface area contributed by atoms with Crippen LogP contribution in [0.4, 0.5) is 11.4 Å². The van der Waals surface area contributed by atoms with Crippen molar-refractivity contribution in [3.63, 3.8) is 0 Å². The Kier molecular flexibility index (Phi) is 7.03. The molecule has 0 aliphatic heterocycles. The molecule has 0 atom stereocenters. The molecule has 0 aliphatic carbocycles. The molecular weight excluding hydrogens is 432 g/mol. The van der Waals surface area contributed by atoms with Gasteiger partial charge in [-0.05, 0) is 42.0 Å². The second kappa shape index (κ2) is 9.89. The van der Waals surface area contributed by atoms with Gasteiger partial charge in [0.25, 0.3) is 5.91 Å². The Morgan fingerprint density at radius 2 is 1.62 bits per heavy atom. The third-order valence-corrected chi connectivity index (χ3v) is 4.61. The van der Waals surface area contributed by atoms with Gasteiger partial charge in [-0.2, -0.15) is 0 Å². The van der Waals surface area contributed by atoms with Gasteiger partial charge in [-0.3, -0.25) is 9.59 Å². The minimum Gasteiger partial charge on any atom is -0.492 e. The van der Waals surface area contributed by atoms with Crippen LogP contribution in [0.25, 0.3) is 0 Å². The lowest BCUT2D eigenvalue weighted by Crippen LogP contribution is -2.15. The smallest absolute Gasteiger partial charge is 0.259 e.